The highest BCUT2D eigenvalue weighted by Gasteiger charge is 2.05. The zero-order valence-electron chi connectivity index (χ0n) is 12.5. The molecule has 22 heavy (non-hydrogen) atoms. The normalized spacial score (nSPS) is 11.1. The minimum atomic E-state index is -0.297. The van der Waals surface area contributed by atoms with Gasteiger partial charge in [0.2, 0.25) is 0 Å². The van der Waals surface area contributed by atoms with Gasteiger partial charge in [0.15, 0.2) is 6.61 Å². The maximum atomic E-state index is 11.8. The minimum Gasteiger partial charge on any atom is -0.483 e. The number of aryl methyl sites for hydroxylation is 1. The Morgan fingerprint density at radius 1 is 1.18 bits per heavy atom. The summed E-state index contributed by atoms with van der Waals surface area (Å²) in [5, 5.41) is 4.10. The summed E-state index contributed by atoms with van der Waals surface area (Å²) in [6, 6.07) is 15.3. The maximum absolute atomic E-state index is 11.8. The van der Waals surface area contributed by atoms with E-state index in [0.717, 1.165) is 21.3 Å². The standard InChI is InChI=1S/C17H17BrN2O2/c1-12-7-3-6-10-16(12)22-11-17(21)20-19-13(2)14-8-4-5-9-15(14)18/h3-10H,11H2,1-2H3,(H,20,21)/b19-13+. The van der Waals surface area contributed by atoms with Crippen molar-refractivity contribution in [2.24, 2.45) is 5.10 Å². The quantitative estimate of drug-likeness (QED) is 0.653. The van der Waals surface area contributed by atoms with E-state index in [1.165, 1.54) is 0 Å². The second-order valence-electron chi connectivity index (χ2n) is 4.77. The summed E-state index contributed by atoms with van der Waals surface area (Å²) < 4.78 is 6.40. The molecule has 0 aliphatic rings. The van der Waals surface area contributed by atoms with Crippen LogP contribution in [0.3, 0.4) is 0 Å². The molecule has 2 rings (SSSR count). The molecule has 0 aliphatic carbocycles. The lowest BCUT2D eigenvalue weighted by Crippen LogP contribution is -2.25. The first-order valence-electron chi connectivity index (χ1n) is 6.84. The van der Waals surface area contributed by atoms with Gasteiger partial charge in [0.1, 0.15) is 5.75 Å². The smallest absolute Gasteiger partial charge is 0.277 e. The van der Waals surface area contributed by atoms with Crippen LogP contribution in [0.25, 0.3) is 0 Å². The van der Waals surface area contributed by atoms with Crippen LogP contribution in [0.15, 0.2) is 58.1 Å². The van der Waals surface area contributed by atoms with Gasteiger partial charge in [-0.3, -0.25) is 4.79 Å². The fraction of sp³-hybridized carbons (Fsp3) is 0.176. The molecule has 1 amide bonds. The number of nitrogens with one attached hydrogen (secondary N) is 1. The molecule has 0 fully saturated rings. The lowest BCUT2D eigenvalue weighted by atomic mass is 10.1. The number of rotatable bonds is 5. The maximum Gasteiger partial charge on any atom is 0.277 e. The second-order valence-corrected chi connectivity index (χ2v) is 5.62. The Hall–Kier alpha value is -2.14. The molecule has 2 aromatic carbocycles. The van der Waals surface area contributed by atoms with Gasteiger partial charge in [-0.25, -0.2) is 5.43 Å². The second kappa shape index (κ2) is 7.75. The summed E-state index contributed by atoms with van der Waals surface area (Å²) in [6.07, 6.45) is 0. The zero-order chi connectivity index (χ0) is 15.9. The van der Waals surface area contributed by atoms with Crippen LogP contribution in [0.4, 0.5) is 0 Å². The fourth-order valence-corrected chi connectivity index (χ4v) is 2.43. The van der Waals surface area contributed by atoms with Crippen molar-refractivity contribution in [3.63, 3.8) is 0 Å². The summed E-state index contributed by atoms with van der Waals surface area (Å²) in [7, 11) is 0. The van der Waals surface area contributed by atoms with Crippen molar-refractivity contribution >= 4 is 27.5 Å². The van der Waals surface area contributed by atoms with Gasteiger partial charge < -0.3 is 4.74 Å². The average molecular weight is 361 g/mol. The minimum absolute atomic E-state index is 0.0718. The first-order valence-corrected chi connectivity index (χ1v) is 7.63. The number of nitrogens with zero attached hydrogens (tertiary/aromatic N) is 1. The van der Waals surface area contributed by atoms with E-state index in [-0.39, 0.29) is 12.5 Å². The van der Waals surface area contributed by atoms with Gasteiger partial charge in [-0.1, -0.05) is 52.3 Å². The molecule has 0 atom stereocenters. The Balaban J connectivity index is 1.91. The Morgan fingerprint density at radius 2 is 1.86 bits per heavy atom. The van der Waals surface area contributed by atoms with Crippen LogP contribution in [-0.4, -0.2) is 18.2 Å². The van der Waals surface area contributed by atoms with Crippen LogP contribution in [0, 0.1) is 6.92 Å². The summed E-state index contributed by atoms with van der Waals surface area (Å²) >= 11 is 3.45. The highest BCUT2D eigenvalue weighted by atomic mass is 79.9. The SMILES string of the molecule is C/C(=N\NC(=O)COc1ccccc1C)c1ccccc1Br. The van der Waals surface area contributed by atoms with E-state index in [0.29, 0.717) is 5.75 Å². The zero-order valence-corrected chi connectivity index (χ0v) is 14.1. The third-order valence-corrected chi connectivity index (χ3v) is 3.76. The number of hydrogen-bond acceptors (Lipinski definition) is 3. The van der Waals surface area contributed by atoms with Crippen molar-refractivity contribution in [1.82, 2.24) is 5.43 Å². The van der Waals surface area contributed by atoms with E-state index < -0.39 is 0 Å². The Bertz CT molecular complexity index is 699. The summed E-state index contributed by atoms with van der Waals surface area (Å²) in [4.78, 5) is 11.8. The molecule has 0 aromatic heterocycles. The van der Waals surface area contributed by atoms with Gasteiger partial charge in [0.05, 0.1) is 5.71 Å². The molecule has 0 spiro atoms. The van der Waals surface area contributed by atoms with E-state index in [9.17, 15) is 4.79 Å². The summed E-state index contributed by atoms with van der Waals surface area (Å²) in [5.74, 6) is 0.402. The molecular formula is C17H17BrN2O2. The number of halogens is 1. The van der Waals surface area contributed by atoms with Crippen molar-refractivity contribution in [3.8, 4) is 5.75 Å². The number of carbonyl (C=O) groups excluding carboxylic acids is 1. The number of para-hydroxylation sites is 1. The third-order valence-electron chi connectivity index (χ3n) is 3.06. The van der Waals surface area contributed by atoms with Crippen LogP contribution < -0.4 is 10.2 Å². The van der Waals surface area contributed by atoms with E-state index in [1.54, 1.807) is 0 Å². The van der Waals surface area contributed by atoms with Crippen LogP contribution >= 0.6 is 15.9 Å². The number of ether oxygens (including phenoxy) is 1. The Morgan fingerprint density at radius 3 is 2.59 bits per heavy atom. The Kier molecular flexibility index (Phi) is 5.72. The first-order chi connectivity index (χ1) is 10.6. The van der Waals surface area contributed by atoms with Gasteiger partial charge in [-0.15, -0.1) is 0 Å². The van der Waals surface area contributed by atoms with E-state index in [4.69, 9.17) is 4.74 Å². The number of carbonyl (C=O) groups is 1. The molecule has 5 heteroatoms. The highest BCUT2D eigenvalue weighted by Crippen LogP contribution is 2.17. The topological polar surface area (TPSA) is 50.7 Å². The van der Waals surface area contributed by atoms with E-state index in [1.807, 2.05) is 62.4 Å². The molecule has 2 aromatic rings. The van der Waals surface area contributed by atoms with Crippen LogP contribution in [0.5, 0.6) is 5.75 Å². The average Bonchev–Trinajstić information content (AvgIpc) is 2.52. The molecular weight excluding hydrogens is 344 g/mol. The van der Waals surface area contributed by atoms with Gasteiger partial charge >= 0.3 is 0 Å². The largest absolute Gasteiger partial charge is 0.483 e. The van der Waals surface area contributed by atoms with E-state index >= 15 is 0 Å². The van der Waals surface area contributed by atoms with Gasteiger partial charge in [-0.2, -0.15) is 5.10 Å². The van der Waals surface area contributed by atoms with Crippen molar-refractivity contribution in [3.05, 3.63) is 64.1 Å². The number of hydrogen-bond donors (Lipinski definition) is 1. The van der Waals surface area contributed by atoms with Gasteiger partial charge in [0.25, 0.3) is 5.91 Å². The van der Waals surface area contributed by atoms with Crippen LogP contribution in [-0.2, 0) is 4.79 Å². The molecule has 0 heterocycles. The van der Waals surface area contributed by atoms with E-state index in [2.05, 4.69) is 26.5 Å². The first kappa shape index (κ1) is 16.2. The van der Waals surface area contributed by atoms with Crippen LogP contribution in [0.2, 0.25) is 0 Å². The monoisotopic (exact) mass is 360 g/mol. The van der Waals surface area contributed by atoms with Crippen molar-refractivity contribution in [2.45, 2.75) is 13.8 Å². The fourth-order valence-electron chi connectivity index (χ4n) is 1.85. The lowest BCUT2D eigenvalue weighted by molar-refractivity contribution is -0.123. The van der Waals surface area contributed by atoms with Crippen LogP contribution in [0.1, 0.15) is 18.1 Å². The number of amides is 1. The predicted octanol–water partition coefficient (Wildman–Crippen LogP) is 3.68. The molecule has 1 N–H and O–H groups in total. The molecule has 0 unspecified atom stereocenters. The molecule has 0 saturated heterocycles. The van der Waals surface area contributed by atoms with Gasteiger partial charge in [0, 0.05) is 10.0 Å². The van der Waals surface area contributed by atoms with Gasteiger partial charge in [-0.05, 0) is 31.5 Å². The molecule has 4 nitrogen and oxygen atoms in total. The molecule has 0 radical (unpaired) electrons. The molecule has 114 valence electrons. The van der Waals surface area contributed by atoms with Crippen molar-refractivity contribution < 1.29 is 9.53 Å². The highest BCUT2D eigenvalue weighted by molar-refractivity contribution is 9.10. The number of hydrazone groups is 1. The van der Waals surface area contributed by atoms with Crippen molar-refractivity contribution in [1.29, 1.82) is 0 Å². The molecule has 0 saturated carbocycles. The summed E-state index contributed by atoms with van der Waals surface area (Å²) in [6.45, 7) is 3.70. The lowest BCUT2D eigenvalue weighted by Gasteiger charge is -2.08. The van der Waals surface area contributed by atoms with Crippen molar-refractivity contribution in [2.75, 3.05) is 6.61 Å². The molecule has 0 bridgehead atoms. The third kappa shape index (κ3) is 4.43. The molecule has 0 aliphatic heterocycles. The number of benzene rings is 2. The Labute approximate surface area is 138 Å². The summed E-state index contributed by atoms with van der Waals surface area (Å²) in [5.41, 5.74) is 5.14. The predicted molar refractivity (Wildman–Crippen MR) is 91.2 cm³/mol.